The summed E-state index contributed by atoms with van der Waals surface area (Å²) in [5.74, 6) is 0.675. The molecule has 0 saturated carbocycles. The number of carbonyl (C=O) groups excluding carboxylic acids is 2. The number of aliphatic hydroxyl groups excluding tert-OH is 1. The Morgan fingerprint density at radius 2 is 1.52 bits per heavy atom. The molecule has 6 aromatic rings. The molecule has 5 aromatic carbocycles. The van der Waals surface area contributed by atoms with Crippen LogP contribution in [0.2, 0.25) is 0 Å². The number of nitrogens with one attached hydrogen (secondary N) is 2. The van der Waals surface area contributed by atoms with E-state index in [2.05, 4.69) is 44.4 Å². The van der Waals surface area contributed by atoms with Crippen LogP contribution in [0.4, 0.5) is 11.4 Å². The second kappa shape index (κ2) is 20.8. The lowest BCUT2D eigenvalue weighted by Crippen LogP contribution is -2.31. The van der Waals surface area contributed by atoms with Crippen molar-refractivity contribution in [3.05, 3.63) is 144 Å². The minimum Gasteiger partial charge on any atom is -0.508 e. The first-order valence-corrected chi connectivity index (χ1v) is 21.1. The molecule has 13 nitrogen and oxygen atoms in total. The van der Waals surface area contributed by atoms with Gasteiger partial charge in [0.25, 0.3) is 0 Å². The number of benzene rings is 5. The number of unbranched alkanes of at least 4 members (excludes halogenated alkanes) is 3. The summed E-state index contributed by atoms with van der Waals surface area (Å²) in [5, 5.41) is 38.1. The molecule has 310 valence electrons. The van der Waals surface area contributed by atoms with Crippen LogP contribution in [0.3, 0.4) is 0 Å². The highest BCUT2D eigenvalue weighted by Gasteiger charge is 2.33. The highest BCUT2D eigenvalue weighted by molar-refractivity contribution is 7.99. The van der Waals surface area contributed by atoms with Crippen molar-refractivity contribution in [3.8, 4) is 22.6 Å². The first-order chi connectivity index (χ1) is 29.3. The predicted octanol–water partition coefficient (Wildman–Crippen LogP) is 8.04. The number of ether oxygens (including phenoxy) is 2. The lowest BCUT2D eigenvalue weighted by Gasteiger charge is -2.36. The van der Waals surface area contributed by atoms with Gasteiger partial charge in [-0.1, -0.05) is 103 Å². The largest absolute Gasteiger partial charge is 0.508 e. The standard InChI is InChI=1S/C46H49N7O6S/c47-40-10-5-6-11-41(40)49-44(57)13-4-2-1-3-12-43(56)48-28-32-8-7-9-36(26-32)33-18-20-35(21-19-33)45-58-39(27-42(59-45)34-16-14-31(29-54)15-17-34)30-60-46-50-51-52-53(46)37-22-24-38(55)25-23-37/h5-11,14-26,39,42,45,54-55H,1-4,12-13,27-30,47H2,(H,48,56)(H,49,57). The van der Waals surface area contributed by atoms with E-state index in [1.807, 2.05) is 66.7 Å². The number of anilines is 2. The molecule has 0 radical (unpaired) electrons. The average Bonchev–Trinajstić information content (AvgIpc) is 3.76. The Morgan fingerprint density at radius 3 is 2.27 bits per heavy atom. The maximum Gasteiger partial charge on any atom is 0.224 e. The number of phenols is 1. The Labute approximate surface area is 353 Å². The monoisotopic (exact) mass is 827 g/mol. The fraction of sp³-hybridized carbons (Fsp3) is 0.283. The van der Waals surface area contributed by atoms with Crippen molar-refractivity contribution in [1.82, 2.24) is 25.5 Å². The van der Waals surface area contributed by atoms with E-state index in [0.717, 1.165) is 64.8 Å². The number of phenolic OH excluding ortho intramolecular Hbond substituents is 1. The van der Waals surface area contributed by atoms with E-state index in [1.165, 1.54) is 11.8 Å². The number of nitrogens with two attached hydrogens (primary N) is 1. The third kappa shape index (κ3) is 11.6. The fourth-order valence-electron chi connectivity index (χ4n) is 6.95. The zero-order chi connectivity index (χ0) is 41.7. The third-order valence-corrected chi connectivity index (χ3v) is 11.3. The normalized spacial score (nSPS) is 16.3. The molecular formula is C46H49N7O6S. The molecule has 0 bridgehead atoms. The van der Waals surface area contributed by atoms with Crippen molar-refractivity contribution in [3.63, 3.8) is 0 Å². The van der Waals surface area contributed by atoms with Gasteiger partial charge in [-0.15, -0.1) is 5.10 Å². The van der Waals surface area contributed by atoms with E-state index < -0.39 is 6.29 Å². The molecule has 1 aromatic heterocycles. The lowest BCUT2D eigenvalue weighted by atomic mass is 9.99. The summed E-state index contributed by atoms with van der Waals surface area (Å²) in [6.45, 7) is 0.396. The zero-order valence-electron chi connectivity index (χ0n) is 33.2. The number of amides is 2. The van der Waals surface area contributed by atoms with Gasteiger partial charge in [0.1, 0.15) is 5.75 Å². The van der Waals surface area contributed by atoms with E-state index in [9.17, 15) is 19.8 Å². The van der Waals surface area contributed by atoms with Crippen LogP contribution in [0.5, 0.6) is 5.75 Å². The van der Waals surface area contributed by atoms with E-state index in [0.29, 0.717) is 48.1 Å². The van der Waals surface area contributed by atoms with Crippen LogP contribution >= 0.6 is 11.8 Å². The number of hydrogen-bond donors (Lipinski definition) is 5. The molecule has 2 heterocycles. The summed E-state index contributed by atoms with van der Waals surface area (Å²) in [7, 11) is 0. The van der Waals surface area contributed by atoms with Gasteiger partial charge >= 0.3 is 0 Å². The molecule has 3 unspecified atom stereocenters. The van der Waals surface area contributed by atoms with Crippen LogP contribution in [0, 0.1) is 0 Å². The van der Waals surface area contributed by atoms with Gasteiger partial charge in [-0.3, -0.25) is 9.59 Å². The Kier molecular flexibility index (Phi) is 14.6. The lowest BCUT2D eigenvalue weighted by molar-refractivity contribution is -0.245. The van der Waals surface area contributed by atoms with Crippen LogP contribution in [0.1, 0.15) is 79.6 Å². The van der Waals surface area contributed by atoms with Gasteiger partial charge in [0.05, 0.1) is 35.9 Å². The topological polar surface area (TPSA) is 187 Å². The van der Waals surface area contributed by atoms with Gasteiger partial charge in [0, 0.05) is 37.1 Å². The van der Waals surface area contributed by atoms with Gasteiger partial charge in [-0.05, 0) is 93.6 Å². The van der Waals surface area contributed by atoms with Crippen molar-refractivity contribution in [2.24, 2.45) is 0 Å². The summed E-state index contributed by atoms with van der Waals surface area (Å²) in [5.41, 5.74) is 13.6. The van der Waals surface area contributed by atoms with Crippen molar-refractivity contribution < 1.29 is 29.3 Å². The van der Waals surface area contributed by atoms with Gasteiger partial charge in [-0.25, -0.2) is 0 Å². The number of tetrazole rings is 1. The molecule has 1 aliphatic rings. The first-order valence-electron chi connectivity index (χ1n) is 20.1. The molecule has 1 fully saturated rings. The molecule has 14 heteroatoms. The van der Waals surface area contributed by atoms with E-state index in [4.69, 9.17) is 15.2 Å². The fourth-order valence-corrected chi connectivity index (χ4v) is 7.85. The Morgan fingerprint density at radius 1 is 0.783 bits per heavy atom. The number of rotatable bonds is 18. The molecule has 0 spiro atoms. The Balaban J connectivity index is 0.912. The van der Waals surface area contributed by atoms with Crippen LogP contribution < -0.4 is 16.4 Å². The maximum absolute atomic E-state index is 12.6. The number of carbonyl (C=O) groups is 2. The van der Waals surface area contributed by atoms with E-state index in [1.54, 1.807) is 41.1 Å². The quantitative estimate of drug-likeness (QED) is 0.0321. The minimum absolute atomic E-state index is 0.00443. The molecule has 1 aliphatic heterocycles. The van der Waals surface area contributed by atoms with Crippen molar-refractivity contribution >= 4 is 35.0 Å². The van der Waals surface area contributed by atoms with Gasteiger partial charge < -0.3 is 36.1 Å². The molecule has 0 aliphatic carbocycles. The Bertz CT molecular complexity index is 2320. The van der Waals surface area contributed by atoms with Gasteiger partial charge in [-0.2, -0.15) is 4.68 Å². The summed E-state index contributed by atoms with van der Waals surface area (Å²) in [6, 6.07) is 38.0. The molecule has 3 atom stereocenters. The SMILES string of the molecule is Nc1ccccc1NC(=O)CCCCCCC(=O)NCc1cccc(-c2ccc(C3OC(CSc4nnnn4-c4ccc(O)cc4)CC(c4ccc(CO)cc4)O3)cc2)c1. The maximum atomic E-state index is 12.6. The summed E-state index contributed by atoms with van der Waals surface area (Å²) < 4.78 is 14.8. The number of thioether (sulfide) groups is 1. The number of nitrogens with zero attached hydrogens (tertiary/aromatic N) is 4. The number of nitrogen functional groups attached to an aromatic ring is 1. The van der Waals surface area contributed by atoms with Crippen molar-refractivity contribution in [2.75, 3.05) is 16.8 Å². The zero-order valence-corrected chi connectivity index (χ0v) is 34.0. The number of hydrogen-bond acceptors (Lipinski definition) is 11. The predicted molar refractivity (Wildman–Crippen MR) is 231 cm³/mol. The minimum atomic E-state index is -0.630. The molecule has 7 rings (SSSR count). The molecular weight excluding hydrogens is 779 g/mol. The van der Waals surface area contributed by atoms with Gasteiger partial charge in [0.2, 0.25) is 17.0 Å². The van der Waals surface area contributed by atoms with Crippen LogP contribution in [0.15, 0.2) is 126 Å². The molecule has 60 heavy (non-hydrogen) atoms. The molecule has 1 saturated heterocycles. The number of aliphatic hydroxyl groups is 1. The number of aromatic hydroxyl groups is 1. The van der Waals surface area contributed by atoms with Crippen LogP contribution in [0.25, 0.3) is 16.8 Å². The summed E-state index contributed by atoms with van der Waals surface area (Å²) >= 11 is 1.48. The van der Waals surface area contributed by atoms with E-state index >= 15 is 0 Å². The average molecular weight is 828 g/mol. The van der Waals surface area contributed by atoms with Crippen LogP contribution in [-0.4, -0.2) is 54.1 Å². The second-order valence-corrected chi connectivity index (χ2v) is 15.7. The third-order valence-electron chi connectivity index (χ3n) is 10.3. The summed E-state index contributed by atoms with van der Waals surface area (Å²) in [4.78, 5) is 24.9. The first kappa shape index (κ1) is 42.1. The highest BCUT2D eigenvalue weighted by Crippen LogP contribution is 2.40. The van der Waals surface area contributed by atoms with E-state index in [-0.39, 0.29) is 36.4 Å². The Hall–Kier alpha value is -6.06. The van der Waals surface area contributed by atoms with Crippen LogP contribution in [-0.2, 0) is 32.2 Å². The smallest absolute Gasteiger partial charge is 0.224 e. The van der Waals surface area contributed by atoms with Crippen molar-refractivity contribution in [1.29, 1.82) is 0 Å². The second-order valence-electron chi connectivity index (χ2n) is 14.7. The molecule has 2 amide bonds. The van der Waals surface area contributed by atoms with Gasteiger partial charge in [0.15, 0.2) is 6.29 Å². The van der Waals surface area contributed by atoms with Crippen molar-refractivity contribution in [2.45, 2.75) is 81.8 Å². The number of para-hydroxylation sites is 2. The number of aromatic nitrogens is 4. The molecule has 6 N–H and O–H groups in total. The highest BCUT2D eigenvalue weighted by atomic mass is 32.2. The summed E-state index contributed by atoms with van der Waals surface area (Å²) in [6.07, 6.45) is 3.64.